The Morgan fingerprint density at radius 3 is 2.54 bits per heavy atom. The first-order chi connectivity index (χ1) is 13.6. The van der Waals surface area contributed by atoms with Crippen LogP contribution in [0.3, 0.4) is 0 Å². The van der Waals surface area contributed by atoms with Crippen LogP contribution in [0.4, 0.5) is 11.5 Å². The maximum absolute atomic E-state index is 13.3. The second-order valence-corrected chi connectivity index (χ2v) is 7.89. The van der Waals surface area contributed by atoms with Crippen LogP contribution in [-0.2, 0) is 0 Å². The van der Waals surface area contributed by atoms with E-state index in [-0.39, 0.29) is 5.91 Å². The maximum atomic E-state index is 13.3. The maximum Gasteiger partial charge on any atom is 0.256 e. The number of fused-ring (bicyclic) bond motifs is 1. The number of hydrogen-bond acceptors (Lipinski definition) is 4. The number of carbonyl (C=O) groups is 1. The molecule has 5 nitrogen and oxygen atoms in total. The molecule has 28 heavy (non-hydrogen) atoms. The van der Waals surface area contributed by atoms with E-state index in [9.17, 15) is 4.79 Å². The number of amides is 1. The molecule has 4 rings (SSSR count). The first-order valence-corrected chi connectivity index (χ1v) is 10.2. The number of nitrogens with one attached hydrogen (secondary N) is 1. The van der Waals surface area contributed by atoms with E-state index in [1.807, 2.05) is 49.4 Å². The predicted molar refractivity (Wildman–Crippen MR) is 117 cm³/mol. The van der Waals surface area contributed by atoms with Crippen LogP contribution >= 0.6 is 15.9 Å². The van der Waals surface area contributed by atoms with Crippen molar-refractivity contribution in [3.63, 3.8) is 0 Å². The van der Waals surface area contributed by atoms with Crippen molar-refractivity contribution in [2.45, 2.75) is 19.8 Å². The van der Waals surface area contributed by atoms with Gasteiger partial charge in [0.05, 0.1) is 18.2 Å². The fourth-order valence-electron chi connectivity index (χ4n) is 3.72. The molecule has 1 fully saturated rings. The number of rotatable bonds is 4. The highest BCUT2D eigenvalue weighted by Gasteiger charge is 2.23. The molecule has 0 unspecified atom stereocenters. The minimum atomic E-state index is -0.131. The summed E-state index contributed by atoms with van der Waals surface area (Å²) in [4.78, 5) is 20.4. The normalized spacial score (nSPS) is 13.8. The Balaban J connectivity index is 1.79. The number of pyridine rings is 1. The highest BCUT2D eigenvalue weighted by molar-refractivity contribution is 9.10. The monoisotopic (exact) mass is 439 g/mol. The molecule has 144 valence electrons. The van der Waals surface area contributed by atoms with Crippen LogP contribution in [0.1, 0.15) is 28.8 Å². The molecular formula is C22H22BrN3O2. The second-order valence-electron chi connectivity index (χ2n) is 6.97. The quantitative estimate of drug-likeness (QED) is 0.609. The molecular weight excluding hydrogens is 418 g/mol. The number of nitrogens with zero attached hydrogens (tertiary/aromatic N) is 2. The highest BCUT2D eigenvalue weighted by Crippen LogP contribution is 2.32. The topological polar surface area (TPSA) is 54.5 Å². The Kier molecular flexibility index (Phi) is 5.22. The molecule has 0 atom stereocenters. The molecule has 0 saturated carbocycles. The number of benzene rings is 2. The molecule has 1 N–H and O–H groups in total. The zero-order valence-corrected chi connectivity index (χ0v) is 17.5. The minimum absolute atomic E-state index is 0.131. The average Bonchev–Trinajstić information content (AvgIpc) is 3.22. The van der Waals surface area contributed by atoms with Crippen molar-refractivity contribution in [1.82, 2.24) is 4.98 Å². The molecule has 3 aromatic rings. The van der Waals surface area contributed by atoms with Crippen molar-refractivity contribution in [3.8, 4) is 5.75 Å². The third-order valence-corrected chi connectivity index (χ3v) is 5.64. The largest absolute Gasteiger partial charge is 0.497 e. The minimum Gasteiger partial charge on any atom is -0.497 e. The Bertz CT molecular complexity index is 1030. The number of methoxy groups -OCH3 is 1. The van der Waals surface area contributed by atoms with Gasteiger partial charge in [0, 0.05) is 34.2 Å². The standard InChI is InChI=1S/C22H22BrN3O2/c1-14-20(22(27)24-16-6-8-17(28-2)9-7-16)18-13-15(23)5-10-19(18)25-21(14)26-11-3-4-12-26/h5-10,13H,3-4,11-12H2,1-2H3,(H,24,27). The van der Waals surface area contributed by atoms with E-state index >= 15 is 0 Å². The van der Waals surface area contributed by atoms with E-state index in [1.54, 1.807) is 7.11 Å². The van der Waals surface area contributed by atoms with E-state index in [0.29, 0.717) is 5.56 Å². The number of halogens is 1. The van der Waals surface area contributed by atoms with Crippen LogP contribution < -0.4 is 15.0 Å². The summed E-state index contributed by atoms with van der Waals surface area (Å²) in [6.07, 6.45) is 2.32. The summed E-state index contributed by atoms with van der Waals surface area (Å²) in [5.41, 5.74) is 3.14. The molecule has 1 amide bonds. The molecule has 0 bridgehead atoms. The van der Waals surface area contributed by atoms with Crippen molar-refractivity contribution in [1.29, 1.82) is 0 Å². The Morgan fingerprint density at radius 1 is 1.14 bits per heavy atom. The molecule has 1 aromatic heterocycles. The Hall–Kier alpha value is -2.60. The summed E-state index contributed by atoms with van der Waals surface area (Å²) in [7, 11) is 1.62. The predicted octanol–water partition coefficient (Wildman–Crippen LogP) is 5.17. The summed E-state index contributed by atoms with van der Waals surface area (Å²) in [6, 6.07) is 13.2. The van der Waals surface area contributed by atoms with E-state index < -0.39 is 0 Å². The van der Waals surface area contributed by atoms with E-state index in [2.05, 4.69) is 26.1 Å². The van der Waals surface area contributed by atoms with Crippen molar-refractivity contribution < 1.29 is 9.53 Å². The van der Waals surface area contributed by atoms with Gasteiger partial charge in [0.15, 0.2) is 0 Å². The summed E-state index contributed by atoms with van der Waals surface area (Å²) in [5.74, 6) is 1.53. The van der Waals surface area contributed by atoms with Crippen LogP contribution in [0, 0.1) is 6.92 Å². The fraction of sp³-hybridized carbons (Fsp3) is 0.273. The lowest BCUT2D eigenvalue weighted by Crippen LogP contribution is -2.23. The van der Waals surface area contributed by atoms with Gasteiger partial charge >= 0.3 is 0 Å². The lowest BCUT2D eigenvalue weighted by atomic mass is 10.0. The lowest BCUT2D eigenvalue weighted by Gasteiger charge is -2.22. The third-order valence-electron chi connectivity index (χ3n) is 5.15. The zero-order valence-electron chi connectivity index (χ0n) is 16.0. The van der Waals surface area contributed by atoms with Gasteiger partial charge < -0.3 is 15.0 Å². The van der Waals surface area contributed by atoms with Crippen LogP contribution in [-0.4, -0.2) is 31.1 Å². The molecule has 2 aromatic carbocycles. The summed E-state index contributed by atoms with van der Waals surface area (Å²) >= 11 is 3.52. The number of anilines is 2. The smallest absolute Gasteiger partial charge is 0.256 e. The summed E-state index contributed by atoms with van der Waals surface area (Å²) in [5, 5.41) is 3.87. The van der Waals surface area contributed by atoms with Crippen molar-refractivity contribution >= 4 is 44.2 Å². The van der Waals surface area contributed by atoms with Crippen LogP contribution in [0.25, 0.3) is 10.9 Å². The Morgan fingerprint density at radius 2 is 1.86 bits per heavy atom. The number of ether oxygens (including phenoxy) is 1. The number of aromatic nitrogens is 1. The third kappa shape index (κ3) is 3.56. The van der Waals surface area contributed by atoms with Crippen molar-refractivity contribution in [3.05, 3.63) is 58.1 Å². The number of carbonyl (C=O) groups excluding carboxylic acids is 1. The molecule has 1 aliphatic rings. The highest BCUT2D eigenvalue weighted by atomic mass is 79.9. The van der Waals surface area contributed by atoms with Gasteiger partial charge in [-0.15, -0.1) is 0 Å². The van der Waals surface area contributed by atoms with Gasteiger partial charge in [-0.3, -0.25) is 4.79 Å². The van der Waals surface area contributed by atoms with Gasteiger partial charge in [-0.2, -0.15) is 0 Å². The SMILES string of the molecule is COc1ccc(NC(=O)c2c(C)c(N3CCCC3)nc3ccc(Br)cc23)cc1. The van der Waals surface area contributed by atoms with Crippen molar-refractivity contribution in [2.75, 3.05) is 30.4 Å². The first kappa shape index (κ1) is 18.7. The molecule has 0 spiro atoms. The molecule has 2 heterocycles. The van der Waals surface area contributed by atoms with Gasteiger partial charge in [-0.25, -0.2) is 4.98 Å². The summed E-state index contributed by atoms with van der Waals surface area (Å²) in [6.45, 7) is 3.95. The van der Waals surface area contributed by atoms with E-state index in [1.165, 1.54) is 0 Å². The van der Waals surface area contributed by atoms with Gasteiger partial charge in [-0.1, -0.05) is 15.9 Å². The average molecular weight is 440 g/mol. The first-order valence-electron chi connectivity index (χ1n) is 9.37. The molecule has 0 aliphatic carbocycles. The van der Waals surface area contributed by atoms with Gasteiger partial charge in [0.25, 0.3) is 5.91 Å². The zero-order chi connectivity index (χ0) is 19.7. The Labute approximate surface area is 172 Å². The van der Waals surface area contributed by atoms with E-state index in [4.69, 9.17) is 9.72 Å². The fourth-order valence-corrected chi connectivity index (χ4v) is 4.08. The second kappa shape index (κ2) is 7.80. The van der Waals surface area contributed by atoms with Gasteiger partial charge in [0.2, 0.25) is 0 Å². The molecule has 1 saturated heterocycles. The van der Waals surface area contributed by atoms with Crippen LogP contribution in [0.15, 0.2) is 46.9 Å². The number of hydrogen-bond donors (Lipinski definition) is 1. The molecule has 1 aliphatic heterocycles. The molecule has 6 heteroatoms. The lowest BCUT2D eigenvalue weighted by molar-refractivity contribution is 0.102. The molecule has 0 radical (unpaired) electrons. The van der Waals surface area contributed by atoms with E-state index in [0.717, 1.165) is 64.1 Å². The van der Waals surface area contributed by atoms with Gasteiger partial charge in [0.1, 0.15) is 11.6 Å². The van der Waals surface area contributed by atoms with Crippen LogP contribution in [0.5, 0.6) is 5.75 Å². The van der Waals surface area contributed by atoms with Crippen LogP contribution in [0.2, 0.25) is 0 Å². The van der Waals surface area contributed by atoms with Crippen molar-refractivity contribution in [2.24, 2.45) is 0 Å². The van der Waals surface area contributed by atoms with Gasteiger partial charge in [-0.05, 0) is 62.2 Å². The summed E-state index contributed by atoms with van der Waals surface area (Å²) < 4.78 is 6.11.